The van der Waals surface area contributed by atoms with Crippen molar-refractivity contribution in [3.63, 3.8) is 0 Å². The van der Waals surface area contributed by atoms with Crippen molar-refractivity contribution in [3.8, 4) is 0 Å². The van der Waals surface area contributed by atoms with Gasteiger partial charge in [-0.2, -0.15) is 0 Å². The summed E-state index contributed by atoms with van der Waals surface area (Å²) in [5.74, 6) is 0. The van der Waals surface area contributed by atoms with Gasteiger partial charge in [-0.1, -0.05) is 0 Å². The summed E-state index contributed by atoms with van der Waals surface area (Å²) in [4.78, 5) is 22.1. The Bertz CT molecular complexity index is 510. The molecule has 0 heterocycles. The van der Waals surface area contributed by atoms with E-state index < -0.39 is 7.21 Å². The molecule has 20 heavy (non-hydrogen) atoms. The van der Waals surface area contributed by atoms with Crippen LogP contribution in [0.4, 0.5) is 0 Å². The first-order valence-electron chi connectivity index (χ1n) is 6.66. The molecular weight excluding hydrogens is 269 g/mol. The van der Waals surface area contributed by atoms with E-state index in [1.807, 2.05) is 60.7 Å². The number of benzene rings is 2. The van der Waals surface area contributed by atoms with Crippen LogP contribution in [0.15, 0.2) is 60.7 Å². The summed E-state index contributed by atoms with van der Waals surface area (Å²) in [6.45, 7) is 0. The zero-order valence-electron chi connectivity index (χ0n) is 12.0. The van der Waals surface area contributed by atoms with Crippen LogP contribution in [0.1, 0.15) is 11.1 Å². The SMILES string of the molecule is CN(C)P(O)(O)(Cc1ccccc1)Cc1ccccc1. The number of hydrogen-bond acceptors (Lipinski definition) is 3. The molecule has 0 spiro atoms. The fourth-order valence-corrected chi connectivity index (χ4v) is 4.85. The van der Waals surface area contributed by atoms with E-state index in [0.717, 1.165) is 11.1 Å². The second-order valence-electron chi connectivity index (χ2n) is 5.48. The van der Waals surface area contributed by atoms with Crippen molar-refractivity contribution < 1.29 is 9.79 Å². The minimum absolute atomic E-state index is 0.272. The van der Waals surface area contributed by atoms with Crippen LogP contribution >= 0.6 is 7.21 Å². The van der Waals surface area contributed by atoms with Crippen molar-refractivity contribution in [2.24, 2.45) is 0 Å². The van der Waals surface area contributed by atoms with Crippen LogP contribution < -0.4 is 0 Å². The number of nitrogens with zero attached hydrogens (tertiary/aromatic N) is 1. The summed E-state index contributed by atoms with van der Waals surface area (Å²) in [5.41, 5.74) is 1.89. The molecule has 0 aliphatic heterocycles. The predicted octanol–water partition coefficient (Wildman–Crippen LogP) is 3.23. The Kier molecular flexibility index (Phi) is 4.26. The van der Waals surface area contributed by atoms with E-state index in [2.05, 4.69) is 0 Å². The van der Waals surface area contributed by atoms with Crippen molar-refractivity contribution >= 4 is 7.21 Å². The van der Waals surface area contributed by atoms with E-state index in [1.165, 1.54) is 0 Å². The topological polar surface area (TPSA) is 43.7 Å². The molecule has 0 saturated heterocycles. The first kappa shape index (κ1) is 15.1. The molecule has 2 N–H and O–H groups in total. The Labute approximate surface area is 120 Å². The van der Waals surface area contributed by atoms with Gasteiger partial charge in [-0.15, -0.1) is 0 Å². The molecular formula is C16H22NO2P. The summed E-state index contributed by atoms with van der Waals surface area (Å²) in [6.07, 6.45) is 0.544. The van der Waals surface area contributed by atoms with Crippen LogP contribution in [0, 0.1) is 0 Å². The molecule has 0 unspecified atom stereocenters. The molecule has 0 aliphatic carbocycles. The second kappa shape index (κ2) is 5.63. The molecule has 0 bridgehead atoms. The van der Waals surface area contributed by atoms with E-state index in [-0.39, 0.29) is 12.3 Å². The van der Waals surface area contributed by atoms with Crippen molar-refractivity contribution in [1.82, 2.24) is 4.67 Å². The Balaban J connectivity index is 2.32. The molecule has 3 nitrogen and oxygen atoms in total. The van der Waals surface area contributed by atoms with Crippen molar-refractivity contribution in [1.29, 1.82) is 0 Å². The van der Waals surface area contributed by atoms with Crippen LogP contribution in [0.3, 0.4) is 0 Å². The Morgan fingerprint density at radius 2 is 1.10 bits per heavy atom. The molecule has 0 aromatic heterocycles. The summed E-state index contributed by atoms with van der Waals surface area (Å²) >= 11 is 0. The summed E-state index contributed by atoms with van der Waals surface area (Å²) in [6, 6.07) is 19.3. The standard InChI is InChI=1S/C16H22NO2P/c1-17(2)20(18,19,13-15-9-5-3-6-10-15)14-16-11-7-4-8-12-16/h3-12,18-19H,13-14H2,1-2H3. The van der Waals surface area contributed by atoms with Gasteiger partial charge >= 0.3 is 120 Å². The van der Waals surface area contributed by atoms with Crippen molar-refractivity contribution in [2.75, 3.05) is 14.1 Å². The Morgan fingerprint density at radius 1 is 0.750 bits per heavy atom. The van der Waals surface area contributed by atoms with E-state index in [1.54, 1.807) is 18.8 Å². The average Bonchev–Trinajstić information content (AvgIpc) is 2.40. The zero-order valence-corrected chi connectivity index (χ0v) is 12.9. The zero-order chi connectivity index (χ0) is 14.7. The molecule has 108 valence electrons. The molecule has 0 saturated carbocycles. The van der Waals surface area contributed by atoms with Gasteiger partial charge in [0.1, 0.15) is 0 Å². The summed E-state index contributed by atoms with van der Waals surface area (Å²) in [7, 11) is -0.480. The van der Waals surface area contributed by atoms with E-state index in [9.17, 15) is 9.79 Å². The quantitative estimate of drug-likeness (QED) is 0.831. The average molecular weight is 291 g/mol. The van der Waals surface area contributed by atoms with Crippen LogP contribution in [0.5, 0.6) is 0 Å². The number of rotatable bonds is 5. The van der Waals surface area contributed by atoms with E-state index in [4.69, 9.17) is 0 Å². The minimum atomic E-state index is -3.96. The monoisotopic (exact) mass is 291 g/mol. The van der Waals surface area contributed by atoms with Gasteiger partial charge in [-0.05, 0) is 0 Å². The van der Waals surface area contributed by atoms with Gasteiger partial charge in [0, 0.05) is 0 Å². The van der Waals surface area contributed by atoms with Crippen LogP contribution in [-0.4, -0.2) is 28.6 Å². The fraction of sp³-hybridized carbons (Fsp3) is 0.250. The molecule has 2 rings (SSSR count). The summed E-state index contributed by atoms with van der Waals surface area (Å²) < 4.78 is 1.60. The molecule has 0 fully saturated rings. The fourth-order valence-electron chi connectivity index (χ4n) is 2.25. The maximum absolute atomic E-state index is 11.1. The van der Waals surface area contributed by atoms with Crippen LogP contribution in [0.25, 0.3) is 0 Å². The molecule has 2 aromatic rings. The molecule has 0 radical (unpaired) electrons. The number of hydrogen-bond donors (Lipinski definition) is 2. The first-order valence-corrected chi connectivity index (χ1v) is 9.12. The van der Waals surface area contributed by atoms with Gasteiger partial charge in [0.2, 0.25) is 0 Å². The van der Waals surface area contributed by atoms with E-state index >= 15 is 0 Å². The van der Waals surface area contributed by atoms with Gasteiger partial charge in [0.05, 0.1) is 0 Å². The third kappa shape index (κ3) is 3.44. The second-order valence-corrected chi connectivity index (χ2v) is 9.59. The predicted molar refractivity (Wildman–Crippen MR) is 85.3 cm³/mol. The molecule has 0 amide bonds. The van der Waals surface area contributed by atoms with Gasteiger partial charge in [0.25, 0.3) is 0 Å². The normalized spacial score (nSPS) is 13.9. The molecule has 2 aromatic carbocycles. The molecule has 4 heteroatoms. The molecule has 0 atom stereocenters. The van der Waals surface area contributed by atoms with Gasteiger partial charge in [-0.25, -0.2) is 0 Å². The van der Waals surface area contributed by atoms with Gasteiger partial charge in [-0.3, -0.25) is 0 Å². The third-order valence-electron chi connectivity index (χ3n) is 3.62. The summed E-state index contributed by atoms with van der Waals surface area (Å²) in [5, 5.41) is 0. The Hall–Kier alpha value is -1.25. The first-order chi connectivity index (χ1) is 9.39. The van der Waals surface area contributed by atoms with Gasteiger partial charge < -0.3 is 0 Å². The van der Waals surface area contributed by atoms with Crippen LogP contribution in [-0.2, 0) is 12.3 Å². The van der Waals surface area contributed by atoms with E-state index in [0.29, 0.717) is 0 Å². The third-order valence-corrected chi connectivity index (χ3v) is 7.50. The van der Waals surface area contributed by atoms with Gasteiger partial charge in [0.15, 0.2) is 0 Å². The molecule has 0 aliphatic rings. The maximum atomic E-state index is 11.1. The Morgan fingerprint density at radius 3 is 1.40 bits per heavy atom. The van der Waals surface area contributed by atoms with Crippen molar-refractivity contribution in [3.05, 3.63) is 71.8 Å². The van der Waals surface area contributed by atoms with Crippen LogP contribution in [0.2, 0.25) is 0 Å². The van der Waals surface area contributed by atoms with Crippen molar-refractivity contribution in [2.45, 2.75) is 12.3 Å².